The summed E-state index contributed by atoms with van der Waals surface area (Å²) in [5, 5.41) is 10.7. The highest BCUT2D eigenvalue weighted by molar-refractivity contribution is 7.16. The maximum absolute atomic E-state index is 11.9. The fourth-order valence-electron chi connectivity index (χ4n) is 1.74. The summed E-state index contributed by atoms with van der Waals surface area (Å²) in [7, 11) is 0. The van der Waals surface area contributed by atoms with Crippen LogP contribution in [0.15, 0.2) is 10.5 Å². The van der Waals surface area contributed by atoms with E-state index >= 15 is 0 Å². The Morgan fingerprint density at radius 2 is 2.22 bits per heavy atom. The lowest BCUT2D eigenvalue weighted by molar-refractivity contribution is 0.0938. The van der Waals surface area contributed by atoms with E-state index in [1.807, 2.05) is 26.8 Å². The summed E-state index contributed by atoms with van der Waals surface area (Å²) >= 11 is 1.06. The van der Waals surface area contributed by atoms with Crippen LogP contribution < -0.4 is 11.1 Å². The Bertz CT molecular complexity index is 575. The third-order valence-corrected chi connectivity index (χ3v) is 3.28. The molecule has 1 amide bonds. The number of carbonyl (C=O) groups excluding carboxylic acids is 1. The van der Waals surface area contributed by atoms with Gasteiger partial charge in [0.2, 0.25) is 10.1 Å². The van der Waals surface area contributed by atoms with Crippen LogP contribution in [-0.2, 0) is 0 Å². The Morgan fingerprint density at radius 1 is 1.50 bits per heavy atom. The minimum absolute atomic E-state index is 0.153. The van der Waals surface area contributed by atoms with Gasteiger partial charge in [0.15, 0.2) is 0 Å². The fourth-order valence-corrected chi connectivity index (χ4v) is 2.26. The fraction of sp³-hybridized carbons (Fsp3) is 0.364. The Hall–Kier alpha value is -1.89. The molecule has 96 valence electrons. The standard InChI is InChI=1S/C11H14N4O2S/c1-5-4-8(7(3)17-5)6(2)13-9(16)10-14-15-11(12)18-10/h4,6H,1-3H3,(H2,12,15)(H,13,16). The maximum Gasteiger partial charge on any atom is 0.282 e. The molecular formula is C11H14N4O2S. The van der Waals surface area contributed by atoms with Crippen LogP contribution in [0.3, 0.4) is 0 Å². The molecule has 0 fully saturated rings. The van der Waals surface area contributed by atoms with E-state index in [4.69, 9.17) is 10.2 Å². The van der Waals surface area contributed by atoms with E-state index in [0.717, 1.165) is 28.4 Å². The van der Waals surface area contributed by atoms with Crippen LogP contribution in [0.25, 0.3) is 0 Å². The van der Waals surface area contributed by atoms with Crippen molar-refractivity contribution in [3.05, 3.63) is 28.2 Å². The van der Waals surface area contributed by atoms with Crippen LogP contribution in [0.4, 0.5) is 5.13 Å². The van der Waals surface area contributed by atoms with Gasteiger partial charge in [0.25, 0.3) is 5.91 Å². The second kappa shape index (κ2) is 4.77. The van der Waals surface area contributed by atoms with Gasteiger partial charge in [-0.1, -0.05) is 11.3 Å². The summed E-state index contributed by atoms with van der Waals surface area (Å²) in [6.45, 7) is 5.63. The van der Waals surface area contributed by atoms with E-state index in [0.29, 0.717) is 0 Å². The molecule has 0 aromatic carbocycles. The lowest BCUT2D eigenvalue weighted by Crippen LogP contribution is -2.26. The van der Waals surface area contributed by atoms with E-state index in [-0.39, 0.29) is 22.1 Å². The number of furan rings is 1. The molecule has 0 saturated carbocycles. The maximum atomic E-state index is 11.9. The number of rotatable bonds is 3. The summed E-state index contributed by atoms with van der Waals surface area (Å²) in [6.07, 6.45) is 0. The Balaban J connectivity index is 2.10. The zero-order valence-electron chi connectivity index (χ0n) is 10.4. The molecule has 6 nitrogen and oxygen atoms in total. The van der Waals surface area contributed by atoms with Crippen LogP contribution in [0.2, 0.25) is 0 Å². The molecular weight excluding hydrogens is 252 g/mol. The van der Waals surface area contributed by atoms with Gasteiger partial charge >= 0.3 is 0 Å². The van der Waals surface area contributed by atoms with Gasteiger partial charge in [-0.05, 0) is 26.8 Å². The molecule has 18 heavy (non-hydrogen) atoms. The molecule has 2 aromatic heterocycles. The monoisotopic (exact) mass is 266 g/mol. The van der Waals surface area contributed by atoms with E-state index in [2.05, 4.69) is 15.5 Å². The highest BCUT2D eigenvalue weighted by Crippen LogP contribution is 2.22. The largest absolute Gasteiger partial charge is 0.466 e. The lowest BCUT2D eigenvalue weighted by atomic mass is 10.1. The molecule has 1 atom stereocenters. The van der Waals surface area contributed by atoms with Gasteiger partial charge < -0.3 is 15.5 Å². The van der Waals surface area contributed by atoms with Crippen molar-refractivity contribution < 1.29 is 9.21 Å². The van der Waals surface area contributed by atoms with Crippen LogP contribution in [0, 0.1) is 13.8 Å². The predicted molar refractivity (Wildman–Crippen MR) is 68.4 cm³/mol. The number of carbonyl (C=O) groups is 1. The van der Waals surface area contributed by atoms with Crippen molar-refractivity contribution >= 4 is 22.4 Å². The van der Waals surface area contributed by atoms with Crippen molar-refractivity contribution in [2.24, 2.45) is 0 Å². The molecule has 0 bridgehead atoms. The number of hydrogen-bond acceptors (Lipinski definition) is 6. The molecule has 0 saturated heterocycles. The molecule has 0 spiro atoms. The number of nitrogen functional groups attached to an aromatic ring is 1. The number of amides is 1. The Labute approximate surface area is 108 Å². The molecule has 2 rings (SSSR count). The van der Waals surface area contributed by atoms with Gasteiger partial charge in [-0.2, -0.15) is 0 Å². The Kier molecular flexibility index (Phi) is 3.33. The van der Waals surface area contributed by atoms with Gasteiger partial charge in [0.05, 0.1) is 6.04 Å². The Morgan fingerprint density at radius 3 is 2.72 bits per heavy atom. The number of anilines is 1. The molecule has 0 aliphatic carbocycles. The number of nitrogens with zero attached hydrogens (tertiary/aromatic N) is 2. The summed E-state index contributed by atoms with van der Waals surface area (Å²) in [5.74, 6) is 1.34. The highest BCUT2D eigenvalue weighted by atomic mass is 32.1. The van der Waals surface area contributed by atoms with Crippen LogP contribution in [0.5, 0.6) is 0 Å². The quantitative estimate of drug-likeness (QED) is 0.883. The number of aryl methyl sites for hydroxylation is 2. The first-order chi connectivity index (χ1) is 8.47. The van der Waals surface area contributed by atoms with Crippen molar-refractivity contribution in [2.45, 2.75) is 26.8 Å². The van der Waals surface area contributed by atoms with Gasteiger partial charge in [0, 0.05) is 5.56 Å². The minimum atomic E-state index is -0.282. The summed E-state index contributed by atoms with van der Waals surface area (Å²) in [6, 6.07) is 1.76. The number of nitrogens with one attached hydrogen (secondary N) is 1. The van der Waals surface area contributed by atoms with Gasteiger partial charge in [-0.25, -0.2) is 0 Å². The average Bonchev–Trinajstić information content (AvgIpc) is 2.84. The molecule has 2 heterocycles. The first-order valence-electron chi connectivity index (χ1n) is 5.44. The van der Waals surface area contributed by atoms with E-state index in [1.165, 1.54) is 0 Å². The number of aromatic nitrogens is 2. The van der Waals surface area contributed by atoms with E-state index in [1.54, 1.807) is 0 Å². The van der Waals surface area contributed by atoms with Crippen molar-refractivity contribution in [1.29, 1.82) is 0 Å². The average molecular weight is 266 g/mol. The SMILES string of the molecule is Cc1cc(C(C)NC(=O)c2nnc(N)s2)c(C)o1. The molecule has 0 aliphatic heterocycles. The summed E-state index contributed by atoms with van der Waals surface area (Å²) < 4.78 is 5.43. The second-order valence-corrected chi connectivity index (χ2v) is 5.02. The smallest absolute Gasteiger partial charge is 0.282 e. The lowest BCUT2D eigenvalue weighted by Gasteiger charge is -2.11. The minimum Gasteiger partial charge on any atom is -0.466 e. The topological polar surface area (TPSA) is 94.0 Å². The third-order valence-electron chi connectivity index (χ3n) is 2.53. The summed E-state index contributed by atoms with van der Waals surface area (Å²) in [5.41, 5.74) is 6.39. The molecule has 3 N–H and O–H groups in total. The van der Waals surface area contributed by atoms with E-state index in [9.17, 15) is 4.79 Å². The first kappa shape index (κ1) is 12.6. The number of nitrogens with two attached hydrogens (primary N) is 1. The van der Waals surface area contributed by atoms with Crippen molar-refractivity contribution in [2.75, 3.05) is 5.73 Å². The van der Waals surface area contributed by atoms with Crippen molar-refractivity contribution in [3.8, 4) is 0 Å². The molecule has 0 aliphatic rings. The molecule has 1 unspecified atom stereocenters. The molecule has 7 heteroatoms. The zero-order chi connectivity index (χ0) is 13.3. The van der Waals surface area contributed by atoms with Crippen LogP contribution >= 0.6 is 11.3 Å². The van der Waals surface area contributed by atoms with Crippen LogP contribution in [0.1, 0.15) is 39.9 Å². The van der Waals surface area contributed by atoms with E-state index < -0.39 is 0 Å². The zero-order valence-corrected chi connectivity index (χ0v) is 11.2. The normalized spacial score (nSPS) is 12.4. The van der Waals surface area contributed by atoms with Gasteiger partial charge in [-0.15, -0.1) is 10.2 Å². The summed E-state index contributed by atoms with van der Waals surface area (Å²) in [4.78, 5) is 11.9. The van der Waals surface area contributed by atoms with Gasteiger partial charge in [0.1, 0.15) is 11.5 Å². The molecule has 0 radical (unpaired) electrons. The van der Waals surface area contributed by atoms with Crippen LogP contribution in [-0.4, -0.2) is 16.1 Å². The van der Waals surface area contributed by atoms with Crippen molar-refractivity contribution in [3.63, 3.8) is 0 Å². The van der Waals surface area contributed by atoms with Gasteiger partial charge in [-0.3, -0.25) is 4.79 Å². The molecule has 2 aromatic rings. The predicted octanol–water partition coefficient (Wildman–Crippen LogP) is 1.82. The highest BCUT2D eigenvalue weighted by Gasteiger charge is 2.18. The number of hydrogen-bond donors (Lipinski definition) is 2. The van der Waals surface area contributed by atoms with Crippen molar-refractivity contribution in [1.82, 2.24) is 15.5 Å². The third kappa shape index (κ3) is 2.51. The first-order valence-corrected chi connectivity index (χ1v) is 6.26. The second-order valence-electron chi connectivity index (χ2n) is 4.01.